The lowest BCUT2D eigenvalue weighted by atomic mass is 10.0. The molecule has 6 heteroatoms. The SMILES string of the molecule is C[C@H](Sc1n[nH]c2nc3ccccc3n12)C(=O)c1ccc2c(c1)CCC2. The first kappa shape index (κ1) is 15.6. The van der Waals surface area contributed by atoms with Crippen molar-refractivity contribution in [3.05, 3.63) is 59.2 Å². The Morgan fingerprint density at radius 1 is 1.19 bits per heavy atom. The fourth-order valence-corrected chi connectivity index (χ4v) is 4.64. The van der Waals surface area contributed by atoms with Crippen molar-refractivity contribution in [1.29, 1.82) is 0 Å². The second-order valence-corrected chi connectivity index (χ2v) is 8.04. The number of hydrogen-bond acceptors (Lipinski definition) is 4. The predicted molar refractivity (Wildman–Crippen MR) is 103 cm³/mol. The van der Waals surface area contributed by atoms with Crippen LogP contribution in [0.2, 0.25) is 0 Å². The molecule has 0 saturated carbocycles. The maximum atomic E-state index is 12.9. The third-order valence-corrected chi connectivity index (χ3v) is 6.09. The number of ketones is 1. The number of aryl methyl sites for hydroxylation is 2. The van der Waals surface area contributed by atoms with Crippen LogP contribution in [0.25, 0.3) is 16.8 Å². The Morgan fingerprint density at radius 3 is 2.96 bits per heavy atom. The molecule has 2 heterocycles. The van der Waals surface area contributed by atoms with Gasteiger partial charge in [-0.2, -0.15) is 0 Å². The number of carbonyl (C=O) groups is 1. The van der Waals surface area contributed by atoms with Crippen LogP contribution in [0.4, 0.5) is 0 Å². The average Bonchev–Trinajstić information content (AvgIpc) is 3.35. The third-order valence-electron chi connectivity index (χ3n) is 5.04. The van der Waals surface area contributed by atoms with Gasteiger partial charge in [-0.15, -0.1) is 5.10 Å². The number of benzene rings is 2. The molecule has 0 radical (unpaired) electrons. The Morgan fingerprint density at radius 2 is 2.04 bits per heavy atom. The van der Waals surface area contributed by atoms with Crippen molar-refractivity contribution in [3.8, 4) is 0 Å². The van der Waals surface area contributed by atoms with Crippen molar-refractivity contribution < 1.29 is 4.79 Å². The number of Topliss-reactive ketones (excluding diaryl/α,β-unsaturated/α-hetero) is 1. The Kier molecular flexibility index (Phi) is 3.60. The standard InChI is InChI=1S/C20H18N4OS/c1-12(18(25)15-10-9-13-5-4-6-14(13)11-15)26-20-23-22-19-21-16-7-2-3-8-17(16)24(19)20/h2-3,7-12H,4-6H2,1H3,(H,21,22)/t12-/m0/s1. The van der Waals surface area contributed by atoms with Crippen molar-refractivity contribution in [1.82, 2.24) is 19.6 Å². The lowest BCUT2D eigenvalue weighted by Gasteiger charge is -2.10. The molecule has 1 atom stereocenters. The summed E-state index contributed by atoms with van der Waals surface area (Å²) < 4.78 is 1.98. The van der Waals surface area contributed by atoms with Crippen LogP contribution < -0.4 is 0 Å². The van der Waals surface area contributed by atoms with E-state index in [1.165, 1.54) is 29.3 Å². The summed E-state index contributed by atoms with van der Waals surface area (Å²) in [6.45, 7) is 1.94. The summed E-state index contributed by atoms with van der Waals surface area (Å²) in [5.74, 6) is 0.844. The molecule has 130 valence electrons. The molecule has 0 saturated heterocycles. The molecule has 2 aromatic heterocycles. The zero-order chi connectivity index (χ0) is 17.7. The van der Waals surface area contributed by atoms with Crippen molar-refractivity contribution >= 4 is 34.4 Å². The Labute approximate surface area is 154 Å². The summed E-state index contributed by atoms with van der Waals surface area (Å²) in [6.07, 6.45) is 3.41. The maximum Gasteiger partial charge on any atom is 0.231 e. The van der Waals surface area contributed by atoms with E-state index in [1.54, 1.807) is 0 Å². The van der Waals surface area contributed by atoms with Gasteiger partial charge in [-0.3, -0.25) is 9.20 Å². The molecule has 1 N–H and O–H groups in total. The van der Waals surface area contributed by atoms with E-state index in [0.29, 0.717) is 5.78 Å². The number of carbonyl (C=O) groups excluding carboxylic acids is 1. The number of H-pyrrole nitrogens is 1. The average molecular weight is 362 g/mol. The first-order chi connectivity index (χ1) is 12.7. The zero-order valence-corrected chi connectivity index (χ0v) is 15.2. The smallest absolute Gasteiger partial charge is 0.231 e. The van der Waals surface area contributed by atoms with Crippen LogP contribution in [0.5, 0.6) is 0 Å². The Hall–Kier alpha value is -2.60. The maximum absolute atomic E-state index is 12.9. The van der Waals surface area contributed by atoms with Crippen LogP contribution in [0, 0.1) is 0 Å². The summed E-state index contributed by atoms with van der Waals surface area (Å²) in [5, 5.41) is 7.87. The van der Waals surface area contributed by atoms with Crippen LogP contribution in [0.15, 0.2) is 47.6 Å². The quantitative estimate of drug-likeness (QED) is 0.439. The summed E-state index contributed by atoms with van der Waals surface area (Å²) >= 11 is 1.47. The van der Waals surface area contributed by atoms with Gasteiger partial charge >= 0.3 is 0 Å². The largest absolute Gasteiger partial charge is 0.293 e. The van der Waals surface area contributed by atoms with Gasteiger partial charge in [0.05, 0.1) is 16.3 Å². The number of aromatic amines is 1. The fourth-order valence-electron chi connectivity index (χ4n) is 3.69. The van der Waals surface area contributed by atoms with Crippen LogP contribution in [-0.4, -0.2) is 30.6 Å². The second kappa shape index (κ2) is 5.99. The van der Waals surface area contributed by atoms with E-state index in [2.05, 4.69) is 27.3 Å². The topological polar surface area (TPSA) is 63.1 Å². The Bertz CT molecular complexity index is 1140. The van der Waals surface area contributed by atoms with Gasteiger partial charge in [-0.1, -0.05) is 36.0 Å². The van der Waals surface area contributed by atoms with Crippen molar-refractivity contribution in [2.45, 2.75) is 36.6 Å². The van der Waals surface area contributed by atoms with Gasteiger partial charge in [-0.25, -0.2) is 10.1 Å². The number of rotatable bonds is 4. The summed E-state index contributed by atoms with van der Waals surface area (Å²) in [7, 11) is 0. The molecule has 5 rings (SSSR count). The number of imidazole rings is 1. The van der Waals surface area contributed by atoms with E-state index in [0.717, 1.165) is 34.6 Å². The molecule has 0 fully saturated rings. The minimum atomic E-state index is -0.220. The monoisotopic (exact) mass is 362 g/mol. The van der Waals surface area contributed by atoms with E-state index in [9.17, 15) is 4.79 Å². The van der Waals surface area contributed by atoms with E-state index < -0.39 is 0 Å². The van der Waals surface area contributed by atoms with Crippen LogP contribution in [0.3, 0.4) is 0 Å². The predicted octanol–water partition coefficient (Wildman–Crippen LogP) is 4.06. The second-order valence-electron chi connectivity index (χ2n) is 6.73. The van der Waals surface area contributed by atoms with Crippen LogP contribution in [-0.2, 0) is 12.8 Å². The van der Waals surface area contributed by atoms with Crippen LogP contribution >= 0.6 is 11.8 Å². The van der Waals surface area contributed by atoms with Gasteiger partial charge in [0.25, 0.3) is 0 Å². The van der Waals surface area contributed by atoms with Gasteiger partial charge < -0.3 is 0 Å². The molecule has 5 nitrogen and oxygen atoms in total. The normalized spacial score (nSPS) is 14.8. The summed E-state index contributed by atoms with van der Waals surface area (Å²) in [4.78, 5) is 17.5. The molecule has 0 spiro atoms. The highest BCUT2D eigenvalue weighted by molar-refractivity contribution is 8.00. The molecule has 2 aromatic carbocycles. The molecule has 1 aliphatic carbocycles. The highest BCUT2D eigenvalue weighted by Gasteiger charge is 2.22. The number of nitrogens with one attached hydrogen (secondary N) is 1. The lowest BCUT2D eigenvalue weighted by molar-refractivity contribution is 0.0994. The first-order valence-electron chi connectivity index (χ1n) is 8.85. The number of thioether (sulfide) groups is 1. The fraction of sp³-hybridized carbons (Fsp3) is 0.250. The minimum Gasteiger partial charge on any atom is -0.293 e. The number of nitrogens with zero attached hydrogens (tertiary/aromatic N) is 3. The molecule has 1 aliphatic rings. The van der Waals surface area contributed by atoms with E-state index in [-0.39, 0.29) is 11.0 Å². The molecule has 4 aromatic rings. The van der Waals surface area contributed by atoms with Gasteiger partial charge in [0, 0.05) is 5.56 Å². The van der Waals surface area contributed by atoms with Gasteiger partial charge in [0.1, 0.15) is 0 Å². The first-order valence-corrected chi connectivity index (χ1v) is 9.73. The molecular formula is C20H18N4OS. The van der Waals surface area contributed by atoms with Crippen molar-refractivity contribution in [2.75, 3.05) is 0 Å². The highest BCUT2D eigenvalue weighted by atomic mass is 32.2. The summed E-state index contributed by atoms with van der Waals surface area (Å²) in [5.41, 5.74) is 5.43. The molecule has 0 bridgehead atoms. The minimum absolute atomic E-state index is 0.144. The molecule has 26 heavy (non-hydrogen) atoms. The molecule has 0 unspecified atom stereocenters. The number of hydrogen-bond donors (Lipinski definition) is 1. The molecule has 0 aliphatic heterocycles. The van der Waals surface area contributed by atoms with Crippen molar-refractivity contribution in [3.63, 3.8) is 0 Å². The lowest BCUT2D eigenvalue weighted by Crippen LogP contribution is -2.14. The van der Waals surface area contributed by atoms with Crippen LogP contribution in [0.1, 0.15) is 34.8 Å². The highest BCUT2D eigenvalue weighted by Crippen LogP contribution is 2.29. The summed E-state index contributed by atoms with van der Waals surface area (Å²) in [6, 6.07) is 14.1. The third kappa shape index (κ3) is 2.44. The Balaban J connectivity index is 1.45. The van der Waals surface area contributed by atoms with Gasteiger partial charge in [0.15, 0.2) is 10.9 Å². The number of para-hydroxylation sites is 2. The van der Waals surface area contributed by atoms with Gasteiger partial charge in [-0.05, 0) is 55.5 Å². The number of aromatic nitrogens is 4. The van der Waals surface area contributed by atoms with E-state index >= 15 is 0 Å². The van der Waals surface area contributed by atoms with E-state index in [1.807, 2.05) is 41.7 Å². The zero-order valence-electron chi connectivity index (χ0n) is 14.4. The molecular weight excluding hydrogens is 344 g/mol. The number of fused-ring (bicyclic) bond motifs is 4. The van der Waals surface area contributed by atoms with Gasteiger partial charge in [0.2, 0.25) is 5.78 Å². The molecule has 0 amide bonds. The van der Waals surface area contributed by atoms with E-state index in [4.69, 9.17) is 0 Å². The van der Waals surface area contributed by atoms with Crippen molar-refractivity contribution in [2.24, 2.45) is 0 Å².